The van der Waals surface area contributed by atoms with Crippen LogP contribution in [0.1, 0.15) is 84.5 Å². The first-order valence-corrected chi connectivity index (χ1v) is 11.7. The smallest absolute Gasteiger partial charge is 0.139 e. The van der Waals surface area contributed by atoms with Gasteiger partial charge >= 0.3 is 0 Å². The van der Waals surface area contributed by atoms with Gasteiger partial charge in [-0.25, -0.2) is 0 Å². The predicted molar refractivity (Wildman–Crippen MR) is 106 cm³/mol. The van der Waals surface area contributed by atoms with Crippen LogP contribution in [0.4, 0.5) is 0 Å². The summed E-state index contributed by atoms with van der Waals surface area (Å²) >= 11 is 0. The minimum Gasteiger partial charge on any atom is -0.316 e. The highest BCUT2D eigenvalue weighted by atomic mass is 16.1. The molecule has 5 fully saturated rings. The van der Waals surface area contributed by atoms with Crippen molar-refractivity contribution in [3.05, 3.63) is 0 Å². The van der Waals surface area contributed by atoms with Gasteiger partial charge in [-0.15, -0.1) is 0 Å². The van der Waals surface area contributed by atoms with Crippen LogP contribution in [0.15, 0.2) is 0 Å². The maximum atomic E-state index is 12.6. The molecule has 4 saturated carbocycles. The minimum atomic E-state index is 0.0539. The zero-order valence-corrected chi connectivity index (χ0v) is 17.1. The van der Waals surface area contributed by atoms with Crippen LogP contribution in [-0.4, -0.2) is 18.9 Å². The summed E-state index contributed by atoms with van der Waals surface area (Å²) in [6.45, 7) is 7.54. The Morgan fingerprint density at radius 3 is 2.50 bits per heavy atom. The second kappa shape index (κ2) is 6.33. The molecule has 0 aromatic heterocycles. The first-order chi connectivity index (χ1) is 12.5. The van der Waals surface area contributed by atoms with E-state index in [0.717, 1.165) is 41.9 Å². The highest BCUT2D eigenvalue weighted by Gasteiger charge is 2.60. The van der Waals surface area contributed by atoms with Gasteiger partial charge in [-0.05, 0) is 112 Å². The van der Waals surface area contributed by atoms with Gasteiger partial charge in [0, 0.05) is 11.8 Å². The summed E-state index contributed by atoms with van der Waals surface area (Å²) in [6, 6.07) is 0. The Balaban J connectivity index is 1.27. The fraction of sp³-hybridized carbons (Fsp3) is 0.958. The Kier molecular flexibility index (Phi) is 4.31. The van der Waals surface area contributed by atoms with Crippen LogP contribution >= 0.6 is 0 Å². The summed E-state index contributed by atoms with van der Waals surface area (Å²) in [6.07, 6.45) is 14.9. The average molecular weight is 358 g/mol. The number of ketones is 1. The van der Waals surface area contributed by atoms with Gasteiger partial charge in [0.1, 0.15) is 5.78 Å². The topological polar surface area (TPSA) is 29.1 Å². The molecule has 0 spiro atoms. The maximum absolute atomic E-state index is 12.6. The van der Waals surface area contributed by atoms with E-state index in [2.05, 4.69) is 19.2 Å². The number of carbonyl (C=O) groups is 1. The first kappa shape index (κ1) is 17.7. The van der Waals surface area contributed by atoms with Crippen molar-refractivity contribution < 1.29 is 4.79 Å². The lowest BCUT2D eigenvalue weighted by molar-refractivity contribution is -0.140. The van der Waals surface area contributed by atoms with Gasteiger partial charge < -0.3 is 5.32 Å². The van der Waals surface area contributed by atoms with Crippen LogP contribution in [0.25, 0.3) is 0 Å². The number of Topliss-reactive ketones (excluding diaryl/α,β-unsaturated/α-hetero) is 1. The first-order valence-electron chi connectivity index (χ1n) is 11.7. The molecule has 7 atom stereocenters. The van der Waals surface area contributed by atoms with E-state index in [1.165, 1.54) is 77.3 Å². The quantitative estimate of drug-likeness (QED) is 0.751. The molecule has 0 aromatic rings. The molecule has 1 heterocycles. The van der Waals surface area contributed by atoms with Crippen LogP contribution in [-0.2, 0) is 4.79 Å². The number of carbonyl (C=O) groups excluding carboxylic acids is 1. The molecule has 0 bridgehead atoms. The highest BCUT2D eigenvalue weighted by molar-refractivity contribution is 5.87. The van der Waals surface area contributed by atoms with E-state index in [0.29, 0.717) is 11.2 Å². The molecule has 146 valence electrons. The van der Waals surface area contributed by atoms with Gasteiger partial charge in [-0.1, -0.05) is 20.3 Å². The molecule has 5 aliphatic rings. The molecule has 2 nitrogen and oxygen atoms in total. The summed E-state index contributed by atoms with van der Waals surface area (Å²) in [5.74, 6) is 6.06. The lowest BCUT2D eigenvalue weighted by Gasteiger charge is -2.60. The van der Waals surface area contributed by atoms with Crippen molar-refractivity contribution in [1.82, 2.24) is 5.32 Å². The Hall–Kier alpha value is -0.370. The zero-order chi connectivity index (χ0) is 17.9. The molecule has 7 unspecified atom stereocenters. The monoisotopic (exact) mass is 357 g/mol. The number of rotatable bonds is 3. The average Bonchev–Trinajstić information content (AvgIpc) is 2.89. The van der Waals surface area contributed by atoms with Crippen molar-refractivity contribution in [2.24, 2.45) is 46.3 Å². The van der Waals surface area contributed by atoms with Gasteiger partial charge in [-0.3, -0.25) is 4.79 Å². The fourth-order valence-corrected chi connectivity index (χ4v) is 8.40. The predicted octanol–water partition coefficient (Wildman–Crippen LogP) is 5.21. The van der Waals surface area contributed by atoms with E-state index in [9.17, 15) is 4.79 Å². The Morgan fingerprint density at radius 1 is 0.923 bits per heavy atom. The van der Waals surface area contributed by atoms with Gasteiger partial charge in [-0.2, -0.15) is 0 Å². The molecule has 0 aromatic carbocycles. The highest BCUT2D eigenvalue weighted by Crippen LogP contribution is 2.66. The van der Waals surface area contributed by atoms with Crippen molar-refractivity contribution >= 4 is 5.78 Å². The van der Waals surface area contributed by atoms with Crippen LogP contribution in [0.2, 0.25) is 0 Å². The van der Waals surface area contributed by atoms with Crippen molar-refractivity contribution in [3.8, 4) is 0 Å². The summed E-state index contributed by atoms with van der Waals surface area (Å²) in [5, 5.41) is 3.43. The molecule has 5 rings (SSSR count). The standard InChI is InChI=1S/C24H39NO/c1-23-11-9-16(3-4-17-14-25-15-17)13-18(23)5-6-19-20-7-8-22(26)24(20,2)12-10-21(19)23/h16-21,25H,3-15H2,1-2H3. The largest absolute Gasteiger partial charge is 0.316 e. The molecule has 1 saturated heterocycles. The van der Waals surface area contributed by atoms with Crippen molar-refractivity contribution in [1.29, 1.82) is 0 Å². The lowest BCUT2D eigenvalue weighted by atomic mass is 9.44. The molecule has 4 aliphatic carbocycles. The summed E-state index contributed by atoms with van der Waals surface area (Å²) < 4.78 is 0. The molecular formula is C24H39NO. The van der Waals surface area contributed by atoms with Crippen LogP contribution in [0.5, 0.6) is 0 Å². The molecule has 26 heavy (non-hydrogen) atoms. The van der Waals surface area contributed by atoms with E-state index in [-0.39, 0.29) is 5.41 Å². The van der Waals surface area contributed by atoms with Crippen LogP contribution < -0.4 is 5.32 Å². The lowest BCUT2D eigenvalue weighted by Crippen LogP contribution is -2.53. The second-order valence-electron chi connectivity index (χ2n) is 11.3. The maximum Gasteiger partial charge on any atom is 0.139 e. The second-order valence-corrected chi connectivity index (χ2v) is 11.3. The van der Waals surface area contributed by atoms with Crippen molar-refractivity contribution in [2.75, 3.05) is 13.1 Å². The third kappa shape index (κ3) is 2.57. The molecule has 0 radical (unpaired) electrons. The number of nitrogens with one attached hydrogen (secondary N) is 1. The molecule has 2 heteroatoms. The fourth-order valence-electron chi connectivity index (χ4n) is 8.40. The Bertz CT molecular complexity index is 569. The van der Waals surface area contributed by atoms with E-state index in [1.54, 1.807) is 0 Å². The Labute approximate surface area is 160 Å². The molecule has 0 amide bonds. The third-order valence-electron chi connectivity index (χ3n) is 10.3. The van der Waals surface area contributed by atoms with Gasteiger partial charge in [0.2, 0.25) is 0 Å². The van der Waals surface area contributed by atoms with E-state index in [4.69, 9.17) is 0 Å². The number of hydrogen-bond acceptors (Lipinski definition) is 2. The third-order valence-corrected chi connectivity index (χ3v) is 10.3. The van der Waals surface area contributed by atoms with E-state index in [1.807, 2.05) is 0 Å². The molecule has 1 aliphatic heterocycles. The SMILES string of the molecule is CC12CCC3C(CCC4CC(CCC5CNC5)CCC43C)C1CCC2=O. The normalized spacial score (nSPS) is 51.3. The summed E-state index contributed by atoms with van der Waals surface area (Å²) in [7, 11) is 0. The van der Waals surface area contributed by atoms with Gasteiger partial charge in [0.05, 0.1) is 0 Å². The molecule has 1 N–H and O–H groups in total. The number of hydrogen-bond donors (Lipinski definition) is 1. The van der Waals surface area contributed by atoms with Crippen molar-refractivity contribution in [3.63, 3.8) is 0 Å². The Morgan fingerprint density at radius 2 is 1.73 bits per heavy atom. The summed E-state index contributed by atoms with van der Waals surface area (Å²) in [4.78, 5) is 12.6. The molecular weight excluding hydrogens is 318 g/mol. The van der Waals surface area contributed by atoms with Gasteiger partial charge in [0.15, 0.2) is 0 Å². The summed E-state index contributed by atoms with van der Waals surface area (Å²) in [5.41, 5.74) is 0.642. The minimum absolute atomic E-state index is 0.0539. The van der Waals surface area contributed by atoms with E-state index >= 15 is 0 Å². The van der Waals surface area contributed by atoms with Crippen molar-refractivity contribution in [2.45, 2.75) is 84.5 Å². The van der Waals surface area contributed by atoms with Crippen LogP contribution in [0, 0.1) is 46.3 Å². The van der Waals surface area contributed by atoms with Crippen LogP contribution in [0.3, 0.4) is 0 Å². The van der Waals surface area contributed by atoms with E-state index < -0.39 is 0 Å². The number of fused-ring (bicyclic) bond motifs is 5. The zero-order valence-electron chi connectivity index (χ0n) is 17.1. The van der Waals surface area contributed by atoms with Gasteiger partial charge in [0.25, 0.3) is 0 Å².